The molecule has 5 aromatic rings. The number of ether oxygens (including phenoxy) is 3. The van der Waals surface area contributed by atoms with Gasteiger partial charge in [-0.3, -0.25) is 4.79 Å². The molecule has 0 saturated heterocycles. The number of hydrogen-bond acceptors (Lipinski definition) is 5. The van der Waals surface area contributed by atoms with Crippen LogP contribution in [0, 0.1) is 0 Å². The second-order valence-corrected chi connectivity index (χ2v) is 15.4. The van der Waals surface area contributed by atoms with Crippen LogP contribution in [-0.2, 0) is 31.2 Å². The Morgan fingerprint density at radius 2 is 1.11 bits per heavy atom. The second-order valence-electron chi connectivity index (χ2n) is 14.7. The van der Waals surface area contributed by atoms with Crippen molar-refractivity contribution in [1.82, 2.24) is 19.9 Å². The molecule has 7 heterocycles. The molecule has 1 unspecified atom stereocenters. The zero-order chi connectivity index (χ0) is 32.5. The molecule has 2 aliphatic heterocycles. The van der Waals surface area contributed by atoms with E-state index >= 15 is 0 Å². The number of nitrogens with one attached hydrogen (secondary N) is 4. The Bertz CT molecular complexity index is 1780. The normalized spacial score (nSPS) is 20.3. The molecule has 0 radical (unpaired) electrons. The molecule has 0 aromatic carbocycles. The lowest BCUT2D eigenvalue weighted by Crippen LogP contribution is -2.34. The number of H-pyrrole nitrogens is 4. The molecule has 9 heteroatoms. The van der Waals surface area contributed by atoms with Crippen molar-refractivity contribution in [2.45, 2.75) is 89.1 Å². The first-order valence-electron chi connectivity index (χ1n) is 16.1. The van der Waals surface area contributed by atoms with Crippen molar-refractivity contribution in [1.29, 1.82) is 0 Å². The Morgan fingerprint density at radius 3 is 1.59 bits per heavy atom. The van der Waals surface area contributed by atoms with E-state index < -0.39 is 5.41 Å². The molecular formula is C37H44N4O4S. The van der Waals surface area contributed by atoms with Gasteiger partial charge in [0.05, 0.1) is 0 Å². The van der Waals surface area contributed by atoms with Crippen LogP contribution in [0.2, 0.25) is 0 Å². The van der Waals surface area contributed by atoms with Gasteiger partial charge < -0.3 is 34.1 Å². The van der Waals surface area contributed by atoms with Crippen LogP contribution in [0.1, 0.15) is 107 Å². The Hall–Kier alpha value is -4.11. The van der Waals surface area contributed by atoms with Gasteiger partial charge in [0.2, 0.25) is 0 Å². The van der Waals surface area contributed by atoms with Gasteiger partial charge in [0, 0.05) is 84.4 Å². The largest absolute Gasteiger partial charge is 0.485 e. The molecule has 8 nitrogen and oxygen atoms in total. The van der Waals surface area contributed by atoms with Gasteiger partial charge in [0.25, 0.3) is 0 Å². The van der Waals surface area contributed by atoms with Crippen molar-refractivity contribution in [2.75, 3.05) is 13.2 Å². The van der Waals surface area contributed by atoms with E-state index in [0.717, 1.165) is 51.3 Å². The molecular weight excluding hydrogens is 596 g/mol. The molecule has 4 N–H and O–H groups in total. The third kappa shape index (κ3) is 5.00. The first kappa shape index (κ1) is 30.5. The fourth-order valence-electron chi connectivity index (χ4n) is 6.81. The topological polar surface area (TPSA) is 108 Å². The van der Waals surface area contributed by atoms with Gasteiger partial charge in [0.1, 0.15) is 13.2 Å². The Kier molecular flexibility index (Phi) is 7.12. The standard InChI is InChI=1S/C37H44N4O4S/c1-34(2)25-8-10-27(38-25)35(3,4)29-12-14-31(40-29)37(7,32-15-13-30(41-32)36(5,6)28-11-9-26(34)39-28)17-16-33(42)44-19-22-18-43-23-20-46-21-24(23)45-22/h8-15,20-22,38-41H,16-19H2,1-7H3. The number of thiophene rings is 1. The molecule has 0 amide bonds. The Labute approximate surface area is 274 Å². The minimum atomic E-state index is -0.515. The zero-order valence-corrected chi connectivity index (χ0v) is 28.5. The highest BCUT2D eigenvalue weighted by Gasteiger charge is 2.38. The van der Waals surface area contributed by atoms with Crippen LogP contribution in [-0.4, -0.2) is 45.2 Å². The SMILES string of the molecule is CC1(C)c2ccc([nH]2)C(C)(C)c2ccc([nH]2)C(C)(CCC(=O)OCC2COc3cscc3O2)c2ccc([nH]2)C(C)(C)c2ccc1[nH]2. The smallest absolute Gasteiger partial charge is 0.305 e. The van der Waals surface area contributed by atoms with Crippen LogP contribution in [0.25, 0.3) is 0 Å². The molecule has 0 spiro atoms. The van der Waals surface area contributed by atoms with Crippen LogP contribution in [0.5, 0.6) is 11.5 Å². The molecule has 242 valence electrons. The number of aromatic nitrogens is 4. The molecule has 5 aromatic heterocycles. The van der Waals surface area contributed by atoms with Crippen molar-refractivity contribution in [3.05, 3.63) is 105 Å². The summed E-state index contributed by atoms with van der Waals surface area (Å²) in [6.07, 6.45) is 0.480. The van der Waals surface area contributed by atoms with E-state index in [1.165, 1.54) is 11.3 Å². The molecule has 0 fully saturated rings. The van der Waals surface area contributed by atoms with Gasteiger partial charge in [-0.05, 0) is 103 Å². The number of esters is 1. The lowest BCUT2D eigenvalue weighted by Gasteiger charge is -2.30. The third-order valence-corrected chi connectivity index (χ3v) is 11.2. The number of rotatable bonds is 5. The minimum absolute atomic E-state index is 0.152. The monoisotopic (exact) mass is 640 g/mol. The molecule has 7 rings (SSSR count). The van der Waals surface area contributed by atoms with Crippen LogP contribution in [0.3, 0.4) is 0 Å². The lowest BCUT2D eigenvalue weighted by molar-refractivity contribution is -0.147. The molecule has 8 bridgehead atoms. The van der Waals surface area contributed by atoms with E-state index in [9.17, 15) is 4.79 Å². The summed E-state index contributed by atoms with van der Waals surface area (Å²) in [5.41, 5.74) is 7.52. The number of carbonyl (C=O) groups excluding carboxylic acids is 1. The van der Waals surface area contributed by atoms with Crippen molar-refractivity contribution in [3.63, 3.8) is 0 Å². The maximum Gasteiger partial charge on any atom is 0.305 e. The van der Waals surface area contributed by atoms with Crippen molar-refractivity contribution in [3.8, 4) is 11.5 Å². The predicted molar refractivity (Wildman–Crippen MR) is 180 cm³/mol. The fourth-order valence-corrected chi connectivity index (χ4v) is 7.49. The summed E-state index contributed by atoms with van der Waals surface area (Å²) in [5.74, 6) is 1.20. The van der Waals surface area contributed by atoms with Crippen molar-refractivity contribution in [2.24, 2.45) is 0 Å². The van der Waals surface area contributed by atoms with Crippen LogP contribution >= 0.6 is 11.3 Å². The fraction of sp³-hybridized carbons (Fsp3) is 0.432. The van der Waals surface area contributed by atoms with E-state index in [0.29, 0.717) is 18.8 Å². The second kappa shape index (κ2) is 10.7. The summed E-state index contributed by atoms with van der Waals surface area (Å²) in [6.45, 7) is 16.2. The maximum atomic E-state index is 13.2. The maximum absolute atomic E-state index is 13.2. The van der Waals surface area contributed by atoms with Gasteiger partial charge in [-0.25, -0.2) is 0 Å². The highest BCUT2D eigenvalue weighted by Crippen LogP contribution is 2.42. The third-order valence-electron chi connectivity index (χ3n) is 10.5. The summed E-state index contributed by atoms with van der Waals surface area (Å²) < 4.78 is 17.4. The quantitative estimate of drug-likeness (QED) is 0.147. The van der Waals surface area contributed by atoms with Gasteiger partial charge >= 0.3 is 5.97 Å². The summed E-state index contributed by atoms with van der Waals surface area (Å²) in [4.78, 5) is 28.3. The minimum Gasteiger partial charge on any atom is -0.485 e. The molecule has 46 heavy (non-hydrogen) atoms. The van der Waals surface area contributed by atoms with Gasteiger partial charge in [-0.2, -0.15) is 0 Å². The van der Waals surface area contributed by atoms with Crippen LogP contribution in [0.4, 0.5) is 0 Å². The summed E-state index contributed by atoms with van der Waals surface area (Å²) in [5, 5.41) is 3.82. The Balaban J connectivity index is 1.21. The summed E-state index contributed by atoms with van der Waals surface area (Å²) in [6, 6.07) is 17.5. The van der Waals surface area contributed by atoms with E-state index in [1.54, 1.807) is 0 Å². The van der Waals surface area contributed by atoms with Crippen LogP contribution < -0.4 is 9.47 Å². The number of aromatic amines is 4. The highest BCUT2D eigenvalue weighted by molar-refractivity contribution is 7.08. The van der Waals surface area contributed by atoms with Crippen molar-refractivity contribution >= 4 is 17.3 Å². The summed E-state index contributed by atoms with van der Waals surface area (Å²) in [7, 11) is 0. The van der Waals surface area contributed by atoms with E-state index in [2.05, 4.69) is 117 Å². The van der Waals surface area contributed by atoms with E-state index in [-0.39, 0.29) is 41.3 Å². The van der Waals surface area contributed by atoms with Gasteiger partial charge in [-0.15, -0.1) is 11.3 Å². The molecule has 0 saturated carbocycles. The highest BCUT2D eigenvalue weighted by atomic mass is 32.1. The number of fused-ring (bicyclic) bond motifs is 9. The first-order valence-corrected chi connectivity index (χ1v) is 17.0. The van der Waals surface area contributed by atoms with E-state index in [4.69, 9.17) is 14.2 Å². The average molecular weight is 641 g/mol. The molecule has 1 atom stereocenters. The van der Waals surface area contributed by atoms with Gasteiger partial charge in [0.15, 0.2) is 17.6 Å². The number of carbonyl (C=O) groups is 1. The molecule has 2 aliphatic rings. The first-order chi connectivity index (χ1) is 21.8. The summed E-state index contributed by atoms with van der Waals surface area (Å²) >= 11 is 1.53. The number of hydrogen-bond donors (Lipinski definition) is 4. The van der Waals surface area contributed by atoms with Gasteiger partial charge in [-0.1, -0.05) is 0 Å². The van der Waals surface area contributed by atoms with E-state index in [1.807, 2.05) is 10.8 Å². The Morgan fingerprint density at radius 1 is 0.696 bits per heavy atom. The van der Waals surface area contributed by atoms with Crippen molar-refractivity contribution < 1.29 is 19.0 Å². The zero-order valence-electron chi connectivity index (χ0n) is 27.7. The predicted octanol–water partition coefficient (Wildman–Crippen LogP) is 7.82. The van der Waals surface area contributed by atoms with Crippen LogP contribution in [0.15, 0.2) is 59.3 Å². The molecule has 0 aliphatic carbocycles. The average Bonchev–Trinajstić information content (AvgIpc) is 3.86. The lowest BCUT2D eigenvalue weighted by atomic mass is 9.79.